The standard InChI is InChI=1S/C60H119N2O6P/c1-6-8-10-12-14-16-18-20-21-22-23-24-25-26-27-28-29-30-31-32-33-34-35-36-37-38-39-40-41-42-44-46-48-50-52-54-60(64)61-58(57-68-69(65,66)67-56-55-62(3,4)5)59(63)53-51-49-47-45-43-19-17-15-13-11-9-7-2/h43,45,51,53,58-59,63H,6-42,44,46-50,52,54-57H2,1-5H3,(H-,61,64,65,66)/p+1/b45-43+,53-51+. The molecule has 0 saturated heterocycles. The maximum Gasteiger partial charge on any atom is 0.472 e. The van der Waals surface area contributed by atoms with E-state index in [-0.39, 0.29) is 19.1 Å². The third-order valence-electron chi connectivity index (χ3n) is 13.9. The van der Waals surface area contributed by atoms with Crippen LogP contribution in [0.15, 0.2) is 24.3 Å². The predicted molar refractivity (Wildman–Crippen MR) is 300 cm³/mol. The van der Waals surface area contributed by atoms with Crippen molar-refractivity contribution in [2.75, 3.05) is 40.9 Å². The molecule has 0 aliphatic heterocycles. The van der Waals surface area contributed by atoms with Gasteiger partial charge in [0, 0.05) is 6.42 Å². The molecule has 3 atom stereocenters. The summed E-state index contributed by atoms with van der Waals surface area (Å²) in [5, 5.41) is 13.9. The molecule has 0 aromatic heterocycles. The van der Waals surface area contributed by atoms with Gasteiger partial charge in [0.1, 0.15) is 13.2 Å². The zero-order valence-corrected chi connectivity index (χ0v) is 47.7. The molecule has 0 radical (unpaired) electrons. The second-order valence-electron chi connectivity index (χ2n) is 22.1. The second kappa shape index (κ2) is 51.9. The van der Waals surface area contributed by atoms with Crippen molar-refractivity contribution in [3.63, 3.8) is 0 Å². The molecule has 0 spiro atoms. The lowest BCUT2D eigenvalue weighted by molar-refractivity contribution is -0.870. The van der Waals surface area contributed by atoms with Crippen LogP contribution in [0.2, 0.25) is 0 Å². The van der Waals surface area contributed by atoms with Gasteiger partial charge < -0.3 is 19.8 Å². The number of aliphatic hydroxyl groups excluding tert-OH is 1. The van der Waals surface area contributed by atoms with E-state index < -0.39 is 20.0 Å². The lowest BCUT2D eigenvalue weighted by atomic mass is 10.0. The van der Waals surface area contributed by atoms with Crippen LogP contribution in [0, 0.1) is 0 Å². The van der Waals surface area contributed by atoms with Crippen molar-refractivity contribution in [2.45, 2.75) is 315 Å². The molecule has 0 heterocycles. The van der Waals surface area contributed by atoms with Gasteiger partial charge in [0.2, 0.25) is 5.91 Å². The van der Waals surface area contributed by atoms with E-state index in [9.17, 15) is 19.4 Å². The number of likely N-dealkylation sites (N-methyl/N-ethyl adjacent to an activating group) is 1. The number of hydrogen-bond acceptors (Lipinski definition) is 5. The Morgan fingerprint density at radius 1 is 0.478 bits per heavy atom. The molecule has 69 heavy (non-hydrogen) atoms. The van der Waals surface area contributed by atoms with Gasteiger partial charge in [-0.25, -0.2) is 4.57 Å². The highest BCUT2D eigenvalue weighted by Crippen LogP contribution is 2.43. The number of phosphoric acid groups is 1. The van der Waals surface area contributed by atoms with Crippen LogP contribution in [0.5, 0.6) is 0 Å². The molecule has 0 aromatic carbocycles. The van der Waals surface area contributed by atoms with Gasteiger partial charge in [0.15, 0.2) is 0 Å². The van der Waals surface area contributed by atoms with Crippen LogP contribution in [0.3, 0.4) is 0 Å². The first kappa shape index (κ1) is 68.0. The summed E-state index contributed by atoms with van der Waals surface area (Å²) in [5.41, 5.74) is 0. The van der Waals surface area contributed by atoms with E-state index in [1.165, 1.54) is 244 Å². The van der Waals surface area contributed by atoms with Crippen LogP contribution in [0.4, 0.5) is 0 Å². The zero-order valence-electron chi connectivity index (χ0n) is 46.8. The van der Waals surface area contributed by atoms with Crippen LogP contribution in [0.25, 0.3) is 0 Å². The number of rotatable bonds is 56. The van der Waals surface area contributed by atoms with Crippen LogP contribution in [0.1, 0.15) is 303 Å². The zero-order chi connectivity index (χ0) is 50.6. The smallest absolute Gasteiger partial charge is 0.387 e. The molecule has 0 aliphatic rings. The van der Waals surface area contributed by atoms with E-state index in [2.05, 4.69) is 31.3 Å². The number of carbonyl (C=O) groups is 1. The van der Waals surface area contributed by atoms with Crippen LogP contribution >= 0.6 is 7.82 Å². The maximum absolute atomic E-state index is 12.9. The second-order valence-corrected chi connectivity index (χ2v) is 23.5. The van der Waals surface area contributed by atoms with E-state index >= 15 is 0 Å². The van der Waals surface area contributed by atoms with Gasteiger partial charge in [-0.3, -0.25) is 13.8 Å². The minimum absolute atomic E-state index is 0.0584. The minimum Gasteiger partial charge on any atom is -0.387 e. The molecule has 8 nitrogen and oxygen atoms in total. The Morgan fingerprint density at radius 2 is 0.797 bits per heavy atom. The number of carbonyl (C=O) groups excluding carboxylic acids is 1. The average Bonchev–Trinajstić information content (AvgIpc) is 3.31. The lowest BCUT2D eigenvalue weighted by Crippen LogP contribution is -2.45. The first-order chi connectivity index (χ1) is 33.5. The molecule has 0 bridgehead atoms. The molecule has 0 rings (SSSR count). The Balaban J connectivity index is 3.90. The van der Waals surface area contributed by atoms with Crippen molar-refractivity contribution in [3.05, 3.63) is 24.3 Å². The predicted octanol–water partition coefficient (Wildman–Crippen LogP) is 18.4. The average molecular weight is 997 g/mol. The molecular formula is C60H120N2O6P+. The van der Waals surface area contributed by atoms with Crippen LogP contribution in [-0.4, -0.2) is 73.4 Å². The summed E-state index contributed by atoms with van der Waals surface area (Å²) in [5.74, 6) is -0.182. The summed E-state index contributed by atoms with van der Waals surface area (Å²) in [6.45, 7) is 4.81. The van der Waals surface area contributed by atoms with Gasteiger partial charge in [0.05, 0.1) is 39.9 Å². The van der Waals surface area contributed by atoms with Gasteiger partial charge in [-0.15, -0.1) is 0 Å². The highest BCUT2D eigenvalue weighted by Gasteiger charge is 2.27. The molecule has 0 aliphatic carbocycles. The summed E-state index contributed by atoms with van der Waals surface area (Å²) < 4.78 is 23.6. The van der Waals surface area contributed by atoms with Gasteiger partial charge in [-0.05, 0) is 32.1 Å². The van der Waals surface area contributed by atoms with E-state index in [0.717, 1.165) is 38.5 Å². The lowest BCUT2D eigenvalue weighted by Gasteiger charge is -2.25. The monoisotopic (exact) mass is 996 g/mol. The number of nitrogens with zero attached hydrogens (tertiary/aromatic N) is 1. The summed E-state index contributed by atoms with van der Waals surface area (Å²) in [4.78, 5) is 23.2. The molecule has 0 saturated carbocycles. The van der Waals surface area contributed by atoms with Gasteiger partial charge in [0.25, 0.3) is 0 Å². The summed E-state index contributed by atoms with van der Waals surface area (Å²) in [6, 6.07) is -0.859. The van der Waals surface area contributed by atoms with E-state index in [1.54, 1.807) is 6.08 Å². The van der Waals surface area contributed by atoms with E-state index in [0.29, 0.717) is 17.4 Å². The Labute approximate surface area is 430 Å². The van der Waals surface area contributed by atoms with Gasteiger partial charge in [-0.1, -0.05) is 289 Å². The van der Waals surface area contributed by atoms with Crippen LogP contribution < -0.4 is 5.32 Å². The number of nitrogens with one attached hydrogen (secondary N) is 1. The number of quaternary nitrogens is 1. The third-order valence-corrected chi connectivity index (χ3v) is 14.9. The number of aliphatic hydroxyl groups is 1. The van der Waals surface area contributed by atoms with Crippen molar-refractivity contribution in [3.8, 4) is 0 Å². The molecule has 1 amide bonds. The Kier molecular flexibility index (Phi) is 51.1. The Hall–Kier alpha value is -1.02. The molecule has 3 unspecified atom stereocenters. The summed E-state index contributed by atoms with van der Waals surface area (Å²) >= 11 is 0. The normalized spacial score (nSPS) is 14.0. The highest BCUT2D eigenvalue weighted by atomic mass is 31.2. The fourth-order valence-electron chi connectivity index (χ4n) is 9.18. The number of amides is 1. The molecule has 3 N–H and O–H groups in total. The first-order valence-electron chi connectivity index (χ1n) is 30.2. The Bertz CT molecular complexity index is 1170. The fraction of sp³-hybridized carbons (Fsp3) is 0.917. The fourth-order valence-corrected chi connectivity index (χ4v) is 9.92. The first-order valence-corrected chi connectivity index (χ1v) is 31.7. The van der Waals surface area contributed by atoms with Gasteiger partial charge >= 0.3 is 7.82 Å². The number of phosphoric ester groups is 1. The summed E-state index contributed by atoms with van der Waals surface area (Å²) in [7, 11) is 1.57. The molecule has 410 valence electrons. The SMILES string of the molecule is CCCCCCCC/C=C/CC/C=C/C(O)C(COP(=O)(O)OCC[N+](C)(C)C)NC(=O)CCCCCCCCCCCCCCCCCCCCCCCCCCCCCCCCCCCCC. The van der Waals surface area contributed by atoms with E-state index in [1.807, 2.05) is 27.2 Å². The molecule has 9 heteroatoms. The van der Waals surface area contributed by atoms with Crippen molar-refractivity contribution >= 4 is 13.7 Å². The quantitative estimate of drug-likeness (QED) is 0.0243. The van der Waals surface area contributed by atoms with Crippen molar-refractivity contribution in [1.29, 1.82) is 0 Å². The molecule has 0 fully saturated rings. The van der Waals surface area contributed by atoms with Crippen LogP contribution in [-0.2, 0) is 18.4 Å². The number of hydrogen-bond donors (Lipinski definition) is 3. The van der Waals surface area contributed by atoms with Crippen molar-refractivity contribution in [1.82, 2.24) is 5.32 Å². The largest absolute Gasteiger partial charge is 0.472 e. The Morgan fingerprint density at radius 3 is 1.16 bits per heavy atom. The minimum atomic E-state index is -4.35. The highest BCUT2D eigenvalue weighted by molar-refractivity contribution is 7.47. The third kappa shape index (κ3) is 54.6. The number of allylic oxidation sites excluding steroid dienone is 3. The van der Waals surface area contributed by atoms with Crippen molar-refractivity contribution in [2.24, 2.45) is 0 Å². The number of unbranched alkanes of at least 4 members (excludes halogenated alkanes) is 41. The molecule has 0 aromatic rings. The van der Waals surface area contributed by atoms with Crippen molar-refractivity contribution < 1.29 is 32.9 Å². The maximum atomic E-state index is 12.9. The summed E-state index contributed by atoms with van der Waals surface area (Å²) in [6.07, 6.45) is 66.1. The van der Waals surface area contributed by atoms with Gasteiger partial charge in [-0.2, -0.15) is 0 Å². The molecular weight excluding hydrogens is 876 g/mol. The topological polar surface area (TPSA) is 105 Å². The van der Waals surface area contributed by atoms with E-state index in [4.69, 9.17) is 9.05 Å².